The van der Waals surface area contributed by atoms with Crippen molar-refractivity contribution in [1.29, 1.82) is 0 Å². The Morgan fingerprint density at radius 2 is 2.22 bits per heavy atom. The van der Waals surface area contributed by atoms with Gasteiger partial charge in [-0.15, -0.1) is 0 Å². The van der Waals surface area contributed by atoms with Gasteiger partial charge >= 0.3 is 0 Å². The molecule has 0 bridgehead atoms. The summed E-state index contributed by atoms with van der Waals surface area (Å²) in [7, 11) is 0. The number of carbonyl (C=O) groups is 1. The quantitative estimate of drug-likeness (QED) is 0.514. The van der Waals surface area contributed by atoms with Gasteiger partial charge in [0.2, 0.25) is 0 Å². The van der Waals surface area contributed by atoms with Crippen LogP contribution in [-0.4, -0.2) is 5.78 Å². The molecule has 0 heterocycles. The van der Waals surface area contributed by atoms with Crippen LogP contribution in [0.3, 0.4) is 0 Å². The van der Waals surface area contributed by atoms with Crippen molar-refractivity contribution in [2.75, 3.05) is 0 Å². The molecule has 9 heavy (non-hydrogen) atoms. The van der Waals surface area contributed by atoms with Crippen molar-refractivity contribution >= 4 is 5.78 Å². The van der Waals surface area contributed by atoms with E-state index in [0.717, 1.165) is 12.8 Å². The lowest BCUT2D eigenvalue weighted by Crippen LogP contribution is -2.19. The zero-order valence-corrected chi connectivity index (χ0v) is 5.76. The highest BCUT2D eigenvalue weighted by atomic mass is 16.1. The topological polar surface area (TPSA) is 17.1 Å². The van der Waals surface area contributed by atoms with E-state index in [2.05, 4.69) is 0 Å². The van der Waals surface area contributed by atoms with Gasteiger partial charge in [0.25, 0.3) is 0 Å². The molecule has 0 aromatic rings. The Bertz CT molecular complexity index is 132. The van der Waals surface area contributed by atoms with Gasteiger partial charge in [-0.3, -0.25) is 4.79 Å². The average Bonchev–Trinajstić information content (AvgIpc) is 1.60. The van der Waals surface area contributed by atoms with Crippen molar-refractivity contribution < 1.29 is 4.79 Å². The first kappa shape index (κ1) is 6.53. The average molecular weight is 124 g/mol. The van der Waals surface area contributed by atoms with Crippen LogP contribution in [0, 0.1) is 5.92 Å². The number of rotatable bonds is 2. The molecule has 0 unspecified atom stereocenters. The molecule has 0 atom stereocenters. The molecule has 0 N–H and O–H groups in total. The Morgan fingerprint density at radius 3 is 2.56 bits per heavy atom. The first-order valence-electron chi connectivity index (χ1n) is 3.51. The maximum atomic E-state index is 10.9. The summed E-state index contributed by atoms with van der Waals surface area (Å²) in [5.74, 6) is 0.699. The highest BCUT2D eigenvalue weighted by Crippen LogP contribution is 2.27. The van der Waals surface area contributed by atoms with E-state index in [1.165, 1.54) is 6.42 Å². The monoisotopic (exact) mass is 124 g/mol. The maximum absolute atomic E-state index is 10.9. The van der Waals surface area contributed by atoms with Crippen LogP contribution in [0.15, 0.2) is 12.2 Å². The van der Waals surface area contributed by atoms with E-state index in [0.29, 0.717) is 11.7 Å². The van der Waals surface area contributed by atoms with Crippen LogP contribution in [-0.2, 0) is 4.79 Å². The number of hydrogen-bond donors (Lipinski definition) is 0. The molecule has 1 aliphatic carbocycles. The number of ketones is 1. The van der Waals surface area contributed by atoms with Gasteiger partial charge in [0, 0.05) is 5.92 Å². The lowest BCUT2D eigenvalue weighted by atomic mass is 9.82. The molecule has 0 radical (unpaired) electrons. The van der Waals surface area contributed by atoms with Gasteiger partial charge in [0.1, 0.15) is 0 Å². The fraction of sp³-hybridized carbons (Fsp3) is 0.625. The minimum atomic E-state index is 0.323. The Balaban J connectivity index is 2.32. The Labute approximate surface area is 55.8 Å². The van der Waals surface area contributed by atoms with Gasteiger partial charge in [0.05, 0.1) is 0 Å². The second-order valence-corrected chi connectivity index (χ2v) is 2.53. The number of hydrogen-bond acceptors (Lipinski definition) is 1. The highest BCUT2D eigenvalue weighted by molar-refractivity contribution is 5.92. The SMILES string of the molecule is C/C=C/C(=O)C1CCC1. The van der Waals surface area contributed by atoms with Crippen LogP contribution in [0.4, 0.5) is 0 Å². The Kier molecular flexibility index (Phi) is 2.04. The Morgan fingerprint density at radius 1 is 1.56 bits per heavy atom. The number of allylic oxidation sites excluding steroid dienone is 2. The first-order chi connectivity index (χ1) is 4.34. The van der Waals surface area contributed by atoms with Crippen molar-refractivity contribution in [1.82, 2.24) is 0 Å². The molecule has 50 valence electrons. The van der Waals surface area contributed by atoms with Gasteiger partial charge in [0.15, 0.2) is 5.78 Å². The van der Waals surface area contributed by atoms with Crippen LogP contribution in [0.2, 0.25) is 0 Å². The summed E-state index contributed by atoms with van der Waals surface area (Å²) in [6.07, 6.45) is 6.98. The summed E-state index contributed by atoms with van der Waals surface area (Å²) < 4.78 is 0. The zero-order chi connectivity index (χ0) is 6.69. The lowest BCUT2D eigenvalue weighted by Gasteiger charge is -2.21. The zero-order valence-electron chi connectivity index (χ0n) is 5.76. The van der Waals surface area contributed by atoms with E-state index < -0.39 is 0 Å². The standard InChI is InChI=1S/C8H12O/c1-2-4-8(9)7-5-3-6-7/h2,4,7H,3,5-6H2,1H3/b4-2+. The van der Waals surface area contributed by atoms with Crippen LogP contribution in [0.25, 0.3) is 0 Å². The third kappa shape index (κ3) is 1.41. The summed E-state index contributed by atoms with van der Waals surface area (Å²) in [5, 5.41) is 0. The first-order valence-corrected chi connectivity index (χ1v) is 3.51. The van der Waals surface area contributed by atoms with E-state index >= 15 is 0 Å². The fourth-order valence-electron chi connectivity index (χ4n) is 0.993. The van der Waals surface area contributed by atoms with Crippen LogP contribution < -0.4 is 0 Å². The summed E-state index contributed by atoms with van der Waals surface area (Å²) >= 11 is 0. The van der Waals surface area contributed by atoms with Crippen molar-refractivity contribution in [2.24, 2.45) is 5.92 Å². The van der Waals surface area contributed by atoms with Crippen molar-refractivity contribution in [3.8, 4) is 0 Å². The second kappa shape index (κ2) is 2.81. The molecule has 1 heteroatoms. The van der Waals surface area contributed by atoms with Gasteiger partial charge in [-0.25, -0.2) is 0 Å². The molecule has 1 saturated carbocycles. The molecule has 0 aromatic carbocycles. The minimum absolute atomic E-state index is 0.323. The van der Waals surface area contributed by atoms with E-state index in [1.807, 2.05) is 13.0 Å². The molecule has 0 amide bonds. The molecule has 0 aromatic heterocycles. The van der Waals surface area contributed by atoms with E-state index in [-0.39, 0.29) is 0 Å². The van der Waals surface area contributed by atoms with Crippen molar-refractivity contribution in [2.45, 2.75) is 26.2 Å². The van der Waals surface area contributed by atoms with Crippen LogP contribution >= 0.6 is 0 Å². The summed E-state index contributed by atoms with van der Waals surface area (Å²) in [6.45, 7) is 1.89. The molecular weight excluding hydrogens is 112 g/mol. The second-order valence-electron chi connectivity index (χ2n) is 2.53. The smallest absolute Gasteiger partial charge is 0.158 e. The van der Waals surface area contributed by atoms with Gasteiger partial charge in [-0.05, 0) is 25.8 Å². The molecule has 0 aliphatic heterocycles. The molecule has 0 saturated heterocycles. The van der Waals surface area contributed by atoms with Crippen molar-refractivity contribution in [3.63, 3.8) is 0 Å². The summed E-state index contributed by atoms with van der Waals surface area (Å²) in [4.78, 5) is 10.9. The molecule has 1 nitrogen and oxygen atoms in total. The van der Waals surface area contributed by atoms with Crippen LogP contribution in [0.5, 0.6) is 0 Å². The normalized spacial score (nSPS) is 20.1. The van der Waals surface area contributed by atoms with Crippen LogP contribution in [0.1, 0.15) is 26.2 Å². The molecule has 1 rings (SSSR count). The summed E-state index contributed by atoms with van der Waals surface area (Å²) in [6, 6.07) is 0. The highest BCUT2D eigenvalue weighted by Gasteiger charge is 2.22. The molecule has 0 spiro atoms. The molecular formula is C8H12O. The summed E-state index contributed by atoms with van der Waals surface area (Å²) in [5.41, 5.74) is 0. The van der Waals surface area contributed by atoms with Gasteiger partial charge < -0.3 is 0 Å². The molecule has 1 fully saturated rings. The maximum Gasteiger partial charge on any atom is 0.158 e. The predicted octanol–water partition coefficient (Wildman–Crippen LogP) is 1.93. The number of carbonyl (C=O) groups excluding carboxylic acids is 1. The minimum Gasteiger partial charge on any atom is -0.295 e. The predicted molar refractivity (Wildman–Crippen MR) is 37.2 cm³/mol. The third-order valence-electron chi connectivity index (χ3n) is 1.84. The van der Waals surface area contributed by atoms with Gasteiger partial charge in [-0.1, -0.05) is 12.5 Å². The van der Waals surface area contributed by atoms with Gasteiger partial charge in [-0.2, -0.15) is 0 Å². The van der Waals surface area contributed by atoms with Crippen molar-refractivity contribution in [3.05, 3.63) is 12.2 Å². The third-order valence-corrected chi connectivity index (χ3v) is 1.84. The van der Waals surface area contributed by atoms with E-state index in [4.69, 9.17) is 0 Å². The Hall–Kier alpha value is -0.590. The molecule has 1 aliphatic rings. The van der Waals surface area contributed by atoms with E-state index in [9.17, 15) is 4.79 Å². The fourth-order valence-corrected chi connectivity index (χ4v) is 0.993. The largest absolute Gasteiger partial charge is 0.295 e. The lowest BCUT2D eigenvalue weighted by molar-refractivity contribution is -0.120. The van der Waals surface area contributed by atoms with E-state index in [1.54, 1.807) is 6.08 Å².